The molecule has 0 aliphatic carbocycles. The van der Waals surface area contributed by atoms with E-state index in [0.717, 1.165) is 12.8 Å². The summed E-state index contributed by atoms with van der Waals surface area (Å²) in [5.74, 6) is -0.732. The van der Waals surface area contributed by atoms with Gasteiger partial charge in [0.05, 0.1) is 0 Å². The zero-order valence-corrected chi connectivity index (χ0v) is 17.9. The average molecular weight is 353 g/mol. The average Bonchev–Trinajstić information content (AvgIpc) is 2.50. The van der Waals surface area contributed by atoms with Gasteiger partial charge in [-0.05, 0) is 6.42 Å². The predicted molar refractivity (Wildman–Crippen MR) is 93.7 cm³/mol. The normalized spacial score (nSPS) is 10.2. The molecule has 0 fully saturated rings. The van der Waals surface area contributed by atoms with Crippen LogP contribution in [0.3, 0.4) is 0 Å². The van der Waals surface area contributed by atoms with Crippen molar-refractivity contribution in [1.29, 1.82) is 0 Å². The minimum absolute atomic E-state index is 0. The molecule has 0 amide bonds. The molecule has 0 aliphatic rings. The van der Waals surface area contributed by atoms with E-state index < -0.39 is 11.1 Å². The monoisotopic (exact) mass is 353 g/mol. The topological polar surface area (TPSA) is 69.4 Å². The fraction of sp³-hybridized carbons (Fsp3) is 0.944. The maximum atomic E-state index is 10.9. The van der Waals surface area contributed by atoms with Crippen molar-refractivity contribution in [2.75, 3.05) is 0 Å². The van der Waals surface area contributed by atoms with Gasteiger partial charge >= 0.3 is 40.6 Å². The van der Waals surface area contributed by atoms with Crippen molar-refractivity contribution in [2.45, 2.75) is 110 Å². The Balaban J connectivity index is -0.00000242. The molecule has 0 rings (SSSR count). The van der Waals surface area contributed by atoms with Crippen LogP contribution >= 0.6 is 0 Å². The molecular weight excluding hydrogens is 317 g/mol. The molecule has 5 nitrogen and oxygen atoms in total. The first kappa shape index (κ1) is 26.1. The maximum Gasteiger partial charge on any atom is 1.00 e. The Morgan fingerprint density at radius 2 is 1.12 bits per heavy atom. The summed E-state index contributed by atoms with van der Waals surface area (Å²) in [4.78, 5) is 24.7. The summed E-state index contributed by atoms with van der Waals surface area (Å²) >= 11 is 0. The second-order valence-corrected chi connectivity index (χ2v) is 6.39. The minimum atomic E-state index is -1.03. The van der Waals surface area contributed by atoms with Crippen molar-refractivity contribution in [2.24, 2.45) is 0 Å². The van der Waals surface area contributed by atoms with Crippen molar-refractivity contribution in [3.63, 3.8) is 0 Å². The van der Waals surface area contributed by atoms with Crippen LogP contribution in [0.15, 0.2) is 0 Å². The molecular formula is C18H36NNaO4. The number of unbranched alkanes of at least 4 members (excludes halogenated alkanes) is 14. The van der Waals surface area contributed by atoms with Gasteiger partial charge in [-0.2, -0.15) is 0 Å². The van der Waals surface area contributed by atoms with Crippen LogP contribution in [0.1, 0.15) is 111 Å². The molecule has 0 bridgehead atoms. The number of carbonyl (C=O) groups excluding carboxylic acids is 1. The quantitative estimate of drug-likeness (QED) is 0.174. The zero-order valence-electron chi connectivity index (χ0n) is 16.9. The van der Waals surface area contributed by atoms with Gasteiger partial charge in [0.2, 0.25) is 0 Å². The Bertz CT molecular complexity index is 307. The third-order valence-corrected chi connectivity index (χ3v) is 4.16. The van der Waals surface area contributed by atoms with E-state index in [9.17, 15) is 14.9 Å². The largest absolute Gasteiger partial charge is 1.00 e. The van der Waals surface area contributed by atoms with E-state index in [1.807, 2.05) is 0 Å². The van der Waals surface area contributed by atoms with Crippen molar-refractivity contribution in [3.05, 3.63) is 10.1 Å². The van der Waals surface area contributed by atoms with Crippen molar-refractivity contribution >= 4 is 5.97 Å². The summed E-state index contributed by atoms with van der Waals surface area (Å²) in [6.07, 6.45) is 19.0. The first-order valence-electron chi connectivity index (χ1n) is 9.52. The summed E-state index contributed by atoms with van der Waals surface area (Å²) in [5.41, 5.74) is 0. The molecule has 0 radical (unpaired) electrons. The van der Waals surface area contributed by atoms with Crippen LogP contribution in [0.25, 0.3) is 0 Å². The Morgan fingerprint density at radius 1 is 0.792 bits per heavy atom. The SMILES string of the molecule is CCCCCCCCCCCCCCCCCC(=O)O[N+](=O)[O-].[H-].[Na+]. The summed E-state index contributed by atoms with van der Waals surface area (Å²) < 4.78 is 0. The third kappa shape index (κ3) is 21.9. The molecule has 6 heteroatoms. The molecule has 0 atom stereocenters. The molecule has 0 aliphatic heterocycles. The van der Waals surface area contributed by atoms with Gasteiger partial charge in [-0.15, -0.1) is 10.1 Å². The van der Waals surface area contributed by atoms with Crippen molar-refractivity contribution < 1.29 is 45.7 Å². The molecule has 138 valence electrons. The second-order valence-electron chi connectivity index (χ2n) is 6.39. The molecule has 0 aromatic heterocycles. The van der Waals surface area contributed by atoms with Gasteiger partial charge in [0.25, 0.3) is 0 Å². The van der Waals surface area contributed by atoms with Gasteiger partial charge in [-0.3, -0.25) is 4.79 Å². The van der Waals surface area contributed by atoms with E-state index in [4.69, 9.17) is 0 Å². The van der Waals surface area contributed by atoms with Crippen LogP contribution in [0.2, 0.25) is 0 Å². The molecule has 0 N–H and O–H groups in total. The van der Waals surface area contributed by atoms with Crippen LogP contribution in [-0.2, 0) is 9.63 Å². The molecule has 0 aromatic rings. The van der Waals surface area contributed by atoms with Crippen LogP contribution in [-0.4, -0.2) is 11.1 Å². The third-order valence-electron chi connectivity index (χ3n) is 4.16. The summed E-state index contributed by atoms with van der Waals surface area (Å²) in [6, 6.07) is 0. The predicted octanol–water partition coefficient (Wildman–Crippen LogP) is 3.10. The minimum Gasteiger partial charge on any atom is -1.00 e. The molecule has 0 aromatic carbocycles. The van der Waals surface area contributed by atoms with Crippen LogP contribution in [0.5, 0.6) is 0 Å². The Kier molecular flexibility index (Phi) is 22.7. The maximum absolute atomic E-state index is 10.9. The summed E-state index contributed by atoms with van der Waals surface area (Å²) in [7, 11) is 0. The van der Waals surface area contributed by atoms with Gasteiger partial charge in [0.1, 0.15) is 0 Å². The zero-order chi connectivity index (χ0) is 17.2. The van der Waals surface area contributed by atoms with Crippen LogP contribution in [0.4, 0.5) is 0 Å². The molecule has 0 spiro atoms. The number of nitrogens with zero attached hydrogens (tertiary/aromatic N) is 1. The van der Waals surface area contributed by atoms with Crippen molar-refractivity contribution in [3.8, 4) is 0 Å². The van der Waals surface area contributed by atoms with Gasteiger partial charge < -0.3 is 1.43 Å². The molecule has 0 unspecified atom stereocenters. The summed E-state index contributed by atoms with van der Waals surface area (Å²) in [6.45, 7) is 2.25. The van der Waals surface area contributed by atoms with E-state index in [1.54, 1.807) is 0 Å². The Morgan fingerprint density at radius 3 is 1.46 bits per heavy atom. The van der Waals surface area contributed by atoms with Crippen LogP contribution < -0.4 is 29.6 Å². The number of hydrogen-bond acceptors (Lipinski definition) is 4. The van der Waals surface area contributed by atoms with E-state index >= 15 is 0 Å². The number of hydrogen-bond donors (Lipinski definition) is 0. The summed E-state index contributed by atoms with van der Waals surface area (Å²) in [5, 5.41) is 8.90. The Labute approximate surface area is 171 Å². The van der Waals surface area contributed by atoms with E-state index in [1.165, 1.54) is 77.0 Å². The first-order chi connectivity index (χ1) is 11.2. The van der Waals surface area contributed by atoms with Crippen molar-refractivity contribution in [1.82, 2.24) is 0 Å². The molecule has 0 saturated heterocycles. The van der Waals surface area contributed by atoms with Gasteiger partial charge in [-0.25, -0.2) is 4.84 Å². The number of carbonyl (C=O) groups is 1. The standard InChI is InChI=1S/C18H35NO4.Na.H/c1-2-3-4-5-6-7-8-9-10-11-12-13-14-15-16-17-18(20)23-19(21)22;;/h2-17H2,1H3;;/q;+1;-1. The second kappa shape index (κ2) is 20.9. The first-order valence-corrected chi connectivity index (χ1v) is 9.52. The fourth-order valence-electron chi connectivity index (χ4n) is 2.77. The molecule has 0 heterocycles. The van der Waals surface area contributed by atoms with E-state index in [2.05, 4.69) is 11.8 Å². The Hall–Kier alpha value is -0.130. The van der Waals surface area contributed by atoms with Gasteiger partial charge in [0.15, 0.2) is 0 Å². The van der Waals surface area contributed by atoms with Gasteiger partial charge in [0, 0.05) is 6.42 Å². The smallest absolute Gasteiger partial charge is 1.00 e. The van der Waals surface area contributed by atoms with E-state index in [-0.39, 0.29) is 37.4 Å². The van der Waals surface area contributed by atoms with E-state index in [0.29, 0.717) is 6.42 Å². The fourth-order valence-corrected chi connectivity index (χ4v) is 2.77. The molecule has 0 saturated carbocycles. The van der Waals surface area contributed by atoms with Gasteiger partial charge in [-0.1, -0.05) is 96.8 Å². The number of rotatable bonds is 17. The molecule has 24 heavy (non-hydrogen) atoms. The van der Waals surface area contributed by atoms with Crippen LogP contribution in [0, 0.1) is 10.1 Å².